The highest BCUT2D eigenvalue weighted by Gasteiger charge is 2.32. The highest BCUT2D eigenvalue weighted by Crippen LogP contribution is 2.31. The average molecular weight is 588 g/mol. The lowest BCUT2D eigenvalue weighted by molar-refractivity contribution is -0.145. The van der Waals surface area contributed by atoms with Crippen molar-refractivity contribution >= 4 is 46.6 Å². The molecule has 1 amide bonds. The number of esters is 1. The van der Waals surface area contributed by atoms with Crippen molar-refractivity contribution in [3.05, 3.63) is 126 Å². The van der Waals surface area contributed by atoms with Gasteiger partial charge < -0.3 is 14.8 Å². The summed E-state index contributed by atoms with van der Waals surface area (Å²) in [5.41, 5.74) is 2.66. The number of nitrogens with one attached hydrogen (secondary N) is 1. The van der Waals surface area contributed by atoms with Crippen molar-refractivity contribution in [2.45, 2.75) is 19.9 Å². The molecule has 41 heavy (non-hydrogen) atoms. The second kappa shape index (κ2) is 12.4. The van der Waals surface area contributed by atoms with Gasteiger partial charge in [-0.2, -0.15) is 0 Å². The molecule has 2 heterocycles. The highest BCUT2D eigenvalue weighted by molar-refractivity contribution is 7.07. The van der Waals surface area contributed by atoms with E-state index in [-0.39, 0.29) is 24.7 Å². The number of rotatable bonds is 8. The zero-order valence-electron chi connectivity index (χ0n) is 22.3. The quantitative estimate of drug-likeness (QED) is 0.307. The molecule has 10 heteroatoms. The Kier molecular flexibility index (Phi) is 8.47. The standard InChI is InChI=1S/C31H26ClN3O5S/c1-3-39-26(36)18-40-24-11-7-8-20(16-24)17-25-30(38)35-28(21-12-14-22(32)15-13-21)27(19(2)33-31(35)41-25)29(37)34-23-9-5-4-6-10-23/h4-17,28H,3,18H2,1-2H3,(H,34,37)/b25-17+/t28-/m0/s1. The molecule has 1 aromatic heterocycles. The number of aromatic nitrogens is 1. The van der Waals surface area contributed by atoms with Gasteiger partial charge in [0.25, 0.3) is 11.5 Å². The molecule has 1 atom stereocenters. The summed E-state index contributed by atoms with van der Waals surface area (Å²) in [4.78, 5) is 44.3. The van der Waals surface area contributed by atoms with Crippen molar-refractivity contribution in [1.82, 2.24) is 4.57 Å². The van der Waals surface area contributed by atoms with Gasteiger partial charge in [0.05, 0.1) is 28.5 Å². The van der Waals surface area contributed by atoms with Crippen LogP contribution in [0.3, 0.4) is 0 Å². The van der Waals surface area contributed by atoms with E-state index in [1.54, 1.807) is 67.0 Å². The fraction of sp³-hybridized carbons (Fsp3) is 0.161. The van der Waals surface area contributed by atoms with E-state index < -0.39 is 12.0 Å². The molecule has 4 aromatic rings. The number of hydrogen-bond donors (Lipinski definition) is 1. The molecule has 0 spiro atoms. The lowest BCUT2D eigenvalue weighted by Gasteiger charge is -2.25. The second-order valence-electron chi connectivity index (χ2n) is 9.12. The first-order valence-electron chi connectivity index (χ1n) is 12.9. The van der Waals surface area contributed by atoms with E-state index in [4.69, 9.17) is 21.1 Å². The number of halogens is 1. The Morgan fingerprint density at radius 2 is 1.83 bits per heavy atom. The fourth-order valence-corrected chi connectivity index (χ4v) is 5.66. The van der Waals surface area contributed by atoms with E-state index >= 15 is 0 Å². The minimum Gasteiger partial charge on any atom is -0.482 e. The minimum absolute atomic E-state index is 0.215. The van der Waals surface area contributed by atoms with Gasteiger partial charge in [-0.05, 0) is 67.4 Å². The molecule has 1 aliphatic rings. The van der Waals surface area contributed by atoms with Crippen LogP contribution in [0.5, 0.6) is 5.75 Å². The van der Waals surface area contributed by atoms with Gasteiger partial charge >= 0.3 is 5.97 Å². The molecule has 0 saturated carbocycles. The molecule has 0 fully saturated rings. The molecule has 0 radical (unpaired) electrons. The third-order valence-electron chi connectivity index (χ3n) is 6.30. The molecular formula is C31H26ClN3O5S. The Morgan fingerprint density at radius 3 is 2.56 bits per heavy atom. The van der Waals surface area contributed by atoms with Crippen LogP contribution in [0.4, 0.5) is 5.69 Å². The Balaban J connectivity index is 1.56. The number of allylic oxidation sites excluding steroid dienone is 1. The molecule has 208 valence electrons. The van der Waals surface area contributed by atoms with Crippen LogP contribution in [0, 0.1) is 0 Å². The van der Waals surface area contributed by atoms with Crippen LogP contribution in [0.2, 0.25) is 5.02 Å². The largest absolute Gasteiger partial charge is 0.482 e. The van der Waals surface area contributed by atoms with Crippen molar-refractivity contribution in [3.8, 4) is 5.75 Å². The van der Waals surface area contributed by atoms with Crippen molar-refractivity contribution in [2.24, 2.45) is 4.99 Å². The van der Waals surface area contributed by atoms with Gasteiger partial charge in [0.15, 0.2) is 11.4 Å². The Labute approximate surface area is 244 Å². The van der Waals surface area contributed by atoms with Gasteiger partial charge in [0, 0.05) is 10.7 Å². The van der Waals surface area contributed by atoms with Crippen LogP contribution in [0.25, 0.3) is 6.08 Å². The van der Waals surface area contributed by atoms with Crippen LogP contribution >= 0.6 is 22.9 Å². The van der Waals surface area contributed by atoms with E-state index in [1.807, 2.05) is 36.4 Å². The molecule has 3 aromatic carbocycles. The molecule has 8 nitrogen and oxygen atoms in total. The summed E-state index contributed by atoms with van der Waals surface area (Å²) in [6.07, 6.45) is 1.74. The topological polar surface area (TPSA) is 99.0 Å². The first-order chi connectivity index (χ1) is 19.8. The van der Waals surface area contributed by atoms with Gasteiger partial charge in [-0.1, -0.05) is 65.4 Å². The van der Waals surface area contributed by atoms with Crippen LogP contribution in [0.15, 0.2) is 99.9 Å². The predicted octanol–water partition coefficient (Wildman–Crippen LogP) is 4.47. The van der Waals surface area contributed by atoms with Crippen molar-refractivity contribution in [3.63, 3.8) is 0 Å². The zero-order chi connectivity index (χ0) is 28.9. The van der Waals surface area contributed by atoms with Crippen LogP contribution < -0.4 is 24.9 Å². The molecule has 1 N–H and O–H groups in total. The van der Waals surface area contributed by atoms with Crippen LogP contribution in [-0.2, 0) is 14.3 Å². The number of anilines is 1. The summed E-state index contributed by atoms with van der Waals surface area (Å²) in [5.74, 6) is -0.344. The number of carbonyl (C=O) groups excluding carboxylic acids is 2. The van der Waals surface area contributed by atoms with E-state index in [0.717, 1.165) is 5.56 Å². The van der Waals surface area contributed by atoms with Crippen molar-refractivity contribution in [1.29, 1.82) is 0 Å². The molecular weight excluding hydrogens is 562 g/mol. The van der Waals surface area contributed by atoms with Gasteiger partial charge in [0.1, 0.15) is 5.75 Å². The number of amides is 1. The number of ether oxygens (including phenoxy) is 2. The van der Waals surface area contributed by atoms with Gasteiger partial charge in [-0.25, -0.2) is 9.79 Å². The number of benzene rings is 3. The SMILES string of the molecule is CCOC(=O)COc1cccc(/C=c2/sc3n(c2=O)[C@@H](c2ccc(Cl)cc2)C(C(=O)Nc2ccccc2)=C(C)N=3)c1. The lowest BCUT2D eigenvalue weighted by Crippen LogP contribution is -2.40. The number of thiazole rings is 1. The lowest BCUT2D eigenvalue weighted by atomic mass is 9.95. The van der Waals surface area contributed by atoms with Gasteiger partial charge in [0.2, 0.25) is 0 Å². The fourth-order valence-electron chi connectivity index (χ4n) is 4.48. The maximum Gasteiger partial charge on any atom is 0.344 e. The number of nitrogens with zero attached hydrogens (tertiary/aromatic N) is 2. The summed E-state index contributed by atoms with van der Waals surface area (Å²) in [6, 6.07) is 22.6. The second-order valence-corrected chi connectivity index (χ2v) is 10.6. The monoisotopic (exact) mass is 587 g/mol. The summed E-state index contributed by atoms with van der Waals surface area (Å²) in [5, 5.41) is 3.48. The van der Waals surface area contributed by atoms with Crippen LogP contribution in [-0.4, -0.2) is 29.7 Å². The summed E-state index contributed by atoms with van der Waals surface area (Å²) in [7, 11) is 0. The van der Waals surface area contributed by atoms with E-state index in [1.165, 1.54) is 11.3 Å². The molecule has 0 aliphatic carbocycles. The molecule has 0 saturated heterocycles. The number of hydrogen-bond acceptors (Lipinski definition) is 7. The maximum atomic E-state index is 13.9. The molecule has 1 aliphatic heterocycles. The summed E-state index contributed by atoms with van der Waals surface area (Å²) in [6.45, 7) is 3.55. The van der Waals surface area contributed by atoms with Crippen LogP contribution in [0.1, 0.15) is 31.0 Å². The van der Waals surface area contributed by atoms with Gasteiger partial charge in [-0.3, -0.25) is 14.2 Å². The number of carbonyl (C=O) groups is 2. The predicted molar refractivity (Wildman–Crippen MR) is 159 cm³/mol. The first kappa shape index (κ1) is 28.1. The highest BCUT2D eigenvalue weighted by atomic mass is 35.5. The Bertz CT molecular complexity index is 1810. The number of para-hydroxylation sites is 1. The normalized spacial score (nSPS) is 14.7. The average Bonchev–Trinajstić information content (AvgIpc) is 3.26. The molecule has 0 unspecified atom stereocenters. The molecule has 5 rings (SSSR count). The third kappa shape index (κ3) is 6.32. The van der Waals surface area contributed by atoms with Gasteiger partial charge in [-0.15, -0.1) is 0 Å². The maximum absolute atomic E-state index is 13.9. The smallest absolute Gasteiger partial charge is 0.344 e. The van der Waals surface area contributed by atoms with E-state index in [9.17, 15) is 14.4 Å². The van der Waals surface area contributed by atoms with E-state index in [0.29, 0.717) is 42.6 Å². The van der Waals surface area contributed by atoms with Crippen molar-refractivity contribution < 1.29 is 19.1 Å². The van der Waals surface area contributed by atoms with Crippen molar-refractivity contribution in [2.75, 3.05) is 18.5 Å². The summed E-state index contributed by atoms with van der Waals surface area (Å²) < 4.78 is 12.4. The minimum atomic E-state index is -0.714. The third-order valence-corrected chi connectivity index (χ3v) is 7.54. The Morgan fingerprint density at radius 1 is 1.07 bits per heavy atom. The zero-order valence-corrected chi connectivity index (χ0v) is 23.9. The Hall–Kier alpha value is -4.47. The molecule has 0 bridgehead atoms. The summed E-state index contributed by atoms with van der Waals surface area (Å²) >= 11 is 7.39. The van der Waals surface area contributed by atoms with E-state index in [2.05, 4.69) is 10.3 Å². The number of fused-ring (bicyclic) bond motifs is 1. The first-order valence-corrected chi connectivity index (χ1v) is 14.1.